The Morgan fingerprint density at radius 3 is 2.17 bits per heavy atom. The minimum atomic E-state index is -1.17. The van der Waals surface area contributed by atoms with Crippen LogP contribution < -0.4 is 29.7 Å². The molecule has 0 saturated carbocycles. The lowest BCUT2D eigenvalue weighted by molar-refractivity contribution is -0.130. The van der Waals surface area contributed by atoms with E-state index >= 15 is 0 Å². The van der Waals surface area contributed by atoms with Crippen LogP contribution >= 0.6 is 0 Å². The molecule has 12 nitrogen and oxygen atoms in total. The highest BCUT2D eigenvalue weighted by molar-refractivity contribution is 6.10. The molecule has 0 bridgehead atoms. The number of carbonyl (C=O) groups is 2. The molecule has 0 saturated heterocycles. The topological polar surface area (TPSA) is 139 Å². The van der Waals surface area contributed by atoms with Crippen molar-refractivity contribution in [1.82, 2.24) is 20.1 Å². The van der Waals surface area contributed by atoms with Crippen molar-refractivity contribution < 1.29 is 33.0 Å². The van der Waals surface area contributed by atoms with Gasteiger partial charge in [-0.15, -0.1) is 5.10 Å². The molecule has 0 spiro atoms. The van der Waals surface area contributed by atoms with Crippen molar-refractivity contribution in [2.45, 2.75) is 6.42 Å². The highest BCUT2D eigenvalue weighted by Crippen LogP contribution is 2.37. The van der Waals surface area contributed by atoms with Crippen molar-refractivity contribution >= 4 is 45.1 Å². The van der Waals surface area contributed by atoms with Gasteiger partial charge in [-0.2, -0.15) is 0 Å². The first-order valence-electron chi connectivity index (χ1n) is 14.5. The second-order valence-electron chi connectivity index (χ2n) is 10.3. The number of fused-ring (bicyclic) bond motifs is 2. The van der Waals surface area contributed by atoms with Gasteiger partial charge in [0.05, 0.1) is 19.7 Å². The van der Waals surface area contributed by atoms with Crippen LogP contribution in [0.2, 0.25) is 0 Å². The van der Waals surface area contributed by atoms with Gasteiger partial charge in [0.25, 0.3) is 0 Å². The van der Waals surface area contributed by atoms with E-state index in [2.05, 4.69) is 25.9 Å². The molecule has 2 heterocycles. The average molecular weight is 637 g/mol. The molecule has 6 rings (SSSR count). The smallest absolute Gasteiger partial charge is 0.237 e. The van der Waals surface area contributed by atoms with Crippen LogP contribution in [0, 0.1) is 11.7 Å². The average Bonchev–Trinajstić information content (AvgIpc) is 3.51. The molecule has 0 aliphatic carbocycles. The molecular weight excluding hydrogens is 607 g/mol. The van der Waals surface area contributed by atoms with Gasteiger partial charge in [0, 0.05) is 35.4 Å². The number of benzene rings is 4. The number of halogens is 1. The number of ether oxygens (including phenoxy) is 3. The van der Waals surface area contributed by atoms with Crippen molar-refractivity contribution in [3.05, 3.63) is 103 Å². The van der Waals surface area contributed by atoms with Crippen LogP contribution in [-0.2, 0) is 9.59 Å². The third kappa shape index (κ3) is 7.04. The molecule has 2 amide bonds. The second kappa shape index (κ2) is 13.8. The van der Waals surface area contributed by atoms with Crippen molar-refractivity contribution in [3.8, 4) is 23.0 Å². The monoisotopic (exact) mass is 636 g/mol. The first kappa shape index (κ1) is 30.8. The Kier molecular flexibility index (Phi) is 9.04. The molecule has 0 aliphatic rings. The van der Waals surface area contributed by atoms with E-state index in [-0.39, 0.29) is 13.0 Å². The number of nitrogens with one attached hydrogen (secondary N) is 2. The van der Waals surface area contributed by atoms with Gasteiger partial charge in [-0.05, 0) is 78.0 Å². The number of aromatic nitrogens is 4. The molecule has 1 atom stereocenters. The van der Waals surface area contributed by atoms with Crippen LogP contribution in [0.1, 0.15) is 6.42 Å². The molecule has 2 N–H and O–H groups in total. The van der Waals surface area contributed by atoms with E-state index in [1.807, 2.05) is 12.1 Å². The van der Waals surface area contributed by atoms with Gasteiger partial charge in [0.1, 0.15) is 40.9 Å². The summed E-state index contributed by atoms with van der Waals surface area (Å²) in [6.45, 7) is -0.0222. The maximum Gasteiger partial charge on any atom is 0.237 e. The highest BCUT2D eigenvalue weighted by atomic mass is 19.1. The third-order valence-electron chi connectivity index (χ3n) is 7.24. The van der Waals surface area contributed by atoms with Crippen LogP contribution in [-0.4, -0.2) is 52.8 Å². The zero-order valence-corrected chi connectivity index (χ0v) is 25.3. The number of nitrogens with zero attached hydrogens (tertiary/aromatic N) is 4. The predicted octanol–water partition coefficient (Wildman–Crippen LogP) is 5.64. The number of carbonyl (C=O) groups excluding carboxylic acids is 2. The largest absolute Gasteiger partial charge is 0.493 e. The zero-order chi connectivity index (χ0) is 32.8. The Balaban J connectivity index is 1.15. The van der Waals surface area contributed by atoms with Gasteiger partial charge in [0.15, 0.2) is 11.5 Å². The van der Waals surface area contributed by atoms with E-state index in [4.69, 9.17) is 19.0 Å². The number of hydrogen-bond donors (Lipinski definition) is 2. The van der Waals surface area contributed by atoms with Crippen LogP contribution in [0.5, 0.6) is 23.0 Å². The summed E-state index contributed by atoms with van der Waals surface area (Å²) in [6.07, 6.45) is 1.64. The van der Waals surface area contributed by atoms with Gasteiger partial charge in [-0.25, -0.2) is 4.39 Å². The molecule has 6 aromatic rings. The Labute approximate surface area is 268 Å². The minimum Gasteiger partial charge on any atom is -0.493 e. The van der Waals surface area contributed by atoms with Crippen molar-refractivity contribution in [3.63, 3.8) is 0 Å². The Morgan fingerprint density at radius 2 is 1.47 bits per heavy atom. The summed E-state index contributed by atoms with van der Waals surface area (Å²) >= 11 is 0. The van der Waals surface area contributed by atoms with Gasteiger partial charge in [-0.3, -0.25) is 14.6 Å². The van der Waals surface area contributed by atoms with E-state index in [1.54, 1.807) is 75.0 Å². The van der Waals surface area contributed by atoms with E-state index < -0.39 is 23.5 Å². The van der Waals surface area contributed by atoms with Crippen molar-refractivity contribution in [2.75, 3.05) is 31.5 Å². The number of methoxy groups -OCH3 is 2. The minimum absolute atomic E-state index is 0.0115. The molecule has 1 unspecified atom stereocenters. The normalized spacial score (nSPS) is 11.6. The number of rotatable bonds is 12. The summed E-state index contributed by atoms with van der Waals surface area (Å²) in [6, 6.07) is 24.5. The number of amides is 2. The fraction of sp³-hybridized carbons (Fsp3) is 0.147. The summed E-state index contributed by atoms with van der Waals surface area (Å²) in [5, 5.41) is 14.2. The van der Waals surface area contributed by atoms with Gasteiger partial charge >= 0.3 is 0 Å². The number of para-hydroxylation sites is 1. The Morgan fingerprint density at radius 1 is 0.809 bits per heavy atom. The van der Waals surface area contributed by atoms with Gasteiger partial charge in [0.2, 0.25) is 11.8 Å². The first-order valence-corrected chi connectivity index (χ1v) is 14.5. The molecule has 0 aliphatic heterocycles. The van der Waals surface area contributed by atoms with E-state index in [1.165, 1.54) is 29.1 Å². The second-order valence-corrected chi connectivity index (χ2v) is 10.3. The lowest BCUT2D eigenvalue weighted by Gasteiger charge is -2.17. The van der Waals surface area contributed by atoms with Crippen LogP contribution in [0.3, 0.4) is 0 Å². The highest BCUT2D eigenvalue weighted by Gasteiger charge is 2.27. The first-order chi connectivity index (χ1) is 22.9. The number of hydrogen-bond acceptors (Lipinski definition) is 9. The van der Waals surface area contributed by atoms with E-state index in [0.29, 0.717) is 50.9 Å². The lowest BCUT2D eigenvalue weighted by Crippen LogP contribution is -2.35. The fourth-order valence-corrected chi connectivity index (χ4v) is 4.84. The Hall–Kier alpha value is -6.24. The molecular formula is C34H29FN6O6. The van der Waals surface area contributed by atoms with E-state index in [9.17, 15) is 14.0 Å². The molecule has 0 radical (unpaired) electrons. The van der Waals surface area contributed by atoms with Gasteiger partial charge < -0.3 is 29.7 Å². The lowest BCUT2D eigenvalue weighted by atomic mass is 10.0. The fourth-order valence-electron chi connectivity index (χ4n) is 4.84. The van der Waals surface area contributed by atoms with Crippen LogP contribution in [0.25, 0.3) is 21.9 Å². The van der Waals surface area contributed by atoms with Crippen molar-refractivity contribution in [2.24, 2.45) is 5.92 Å². The van der Waals surface area contributed by atoms with E-state index in [0.717, 1.165) is 5.39 Å². The SMILES string of the molecule is COc1cc2nccc(Oc3ccc(NC(=O)C(CCOn4nnc5ccccc54)C(=O)Nc4ccc(F)cc4)cc3)c2cc1OC. The van der Waals surface area contributed by atoms with Crippen LogP contribution in [0.15, 0.2) is 97.2 Å². The summed E-state index contributed by atoms with van der Waals surface area (Å²) in [4.78, 5) is 38.1. The molecule has 2 aromatic heterocycles. The number of anilines is 2. The maximum absolute atomic E-state index is 13.5. The predicted molar refractivity (Wildman–Crippen MR) is 172 cm³/mol. The maximum atomic E-state index is 13.5. The quantitative estimate of drug-likeness (QED) is 0.163. The van der Waals surface area contributed by atoms with Crippen molar-refractivity contribution in [1.29, 1.82) is 0 Å². The third-order valence-corrected chi connectivity index (χ3v) is 7.24. The summed E-state index contributed by atoms with van der Waals surface area (Å²) in [5.74, 6) is -0.628. The molecule has 13 heteroatoms. The standard InChI is InChI=1S/C34H29FN6O6/c1-44-31-19-26-28(20-32(31)45-2)36-17-15-30(26)47-24-13-11-23(12-14-24)38-34(43)25(33(42)37-22-9-7-21(35)8-10-22)16-18-46-41-29-6-4-3-5-27(29)39-40-41/h3-15,17,19-20,25H,16,18H2,1-2H3,(H,37,42)(H,38,43). The summed E-state index contributed by atoms with van der Waals surface area (Å²) in [7, 11) is 3.11. The molecule has 47 heavy (non-hydrogen) atoms. The van der Waals surface area contributed by atoms with Crippen LogP contribution in [0.4, 0.5) is 15.8 Å². The molecule has 4 aromatic carbocycles. The summed E-state index contributed by atoms with van der Waals surface area (Å²) in [5.41, 5.74) is 2.73. The molecule has 0 fully saturated rings. The zero-order valence-electron chi connectivity index (χ0n) is 25.3. The summed E-state index contributed by atoms with van der Waals surface area (Å²) < 4.78 is 30.4. The number of pyridine rings is 1. The molecule has 238 valence electrons. The Bertz CT molecular complexity index is 2030. The van der Waals surface area contributed by atoms with Gasteiger partial charge in [-0.1, -0.05) is 17.0 Å².